The average Bonchev–Trinajstić information content (AvgIpc) is 3.06. The lowest BCUT2D eigenvalue weighted by Gasteiger charge is -2.12. The molecule has 0 N–H and O–H groups in total. The molecule has 0 aliphatic heterocycles. The smallest absolute Gasteiger partial charge is 0.226 e. The van der Waals surface area contributed by atoms with Crippen LogP contribution in [0.3, 0.4) is 0 Å². The fourth-order valence-electron chi connectivity index (χ4n) is 2.25. The molecule has 0 saturated carbocycles. The molecule has 4 nitrogen and oxygen atoms in total. The van der Waals surface area contributed by atoms with Crippen molar-refractivity contribution in [1.29, 1.82) is 0 Å². The summed E-state index contributed by atoms with van der Waals surface area (Å²) in [6, 6.07) is 17.7. The number of ether oxygens (including phenoxy) is 1. The van der Waals surface area contributed by atoms with Gasteiger partial charge in [0.2, 0.25) is 5.89 Å². The van der Waals surface area contributed by atoms with Gasteiger partial charge in [-0.1, -0.05) is 30.3 Å². The molecule has 0 unspecified atom stereocenters. The summed E-state index contributed by atoms with van der Waals surface area (Å²) in [5.41, 5.74) is 1.88. The Labute approximate surface area is 136 Å². The van der Waals surface area contributed by atoms with E-state index in [9.17, 15) is 0 Å². The molecule has 0 radical (unpaired) electrons. The van der Waals surface area contributed by atoms with Crippen LogP contribution in [0.4, 0.5) is 0 Å². The largest absolute Gasteiger partial charge is 0.491 e. The molecule has 1 aromatic heterocycles. The van der Waals surface area contributed by atoms with Gasteiger partial charge in [0.05, 0.1) is 11.8 Å². The summed E-state index contributed by atoms with van der Waals surface area (Å²) < 4.78 is 11.8. The number of benzene rings is 2. The first-order valence-corrected chi connectivity index (χ1v) is 7.62. The lowest BCUT2D eigenvalue weighted by Crippen LogP contribution is -2.19. The van der Waals surface area contributed by atoms with E-state index in [0.717, 1.165) is 23.4 Å². The Hall–Kier alpha value is -2.59. The van der Waals surface area contributed by atoms with E-state index in [2.05, 4.69) is 9.88 Å². The third-order valence-corrected chi connectivity index (χ3v) is 3.48. The van der Waals surface area contributed by atoms with Crippen LogP contribution in [0.15, 0.2) is 65.2 Å². The molecule has 0 atom stereocenters. The highest BCUT2D eigenvalue weighted by molar-refractivity contribution is 5.67. The second-order valence-corrected chi connectivity index (χ2v) is 5.54. The molecule has 4 heteroatoms. The van der Waals surface area contributed by atoms with E-state index in [0.29, 0.717) is 18.3 Å². The maximum absolute atomic E-state index is 5.92. The zero-order valence-corrected chi connectivity index (χ0v) is 13.4. The van der Waals surface area contributed by atoms with Gasteiger partial charge < -0.3 is 14.1 Å². The second-order valence-electron chi connectivity index (χ2n) is 5.54. The Morgan fingerprint density at radius 2 is 1.74 bits per heavy atom. The van der Waals surface area contributed by atoms with Gasteiger partial charge in [-0.05, 0) is 38.4 Å². The lowest BCUT2D eigenvalue weighted by molar-refractivity contribution is 0.262. The fraction of sp³-hybridized carbons (Fsp3) is 0.211. The summed E-state index contributed by atoms with van der Waals surface area (Å²) in [4.78, 5) is 6.47. The molecule has 0 bridgehead atoms. The Balaban J connectivity index is 1.83. The Bertz CT molecular complexity index is 751. The number of oxazole rings is 1. The van der Waals surface area contributed by atoms with E-state index >= 15 is 0 Å². The molecule has 118 valence electrons. The van der Waals surface area contributed by atoms with Gasteiger partial charge in [-0.15, -0.1) is 0 Å². The van der Waals surface area contributed by atoms with Crippen molar-refractivity contribution >= 4 is 0 Å². The van der Waals surface area contributed by atoms with Crippen molar-refractivity contribution < 1.29 is 9.15 Å². The van der Waals surface area contributed by atoms with Crippen molar-refractivity contribution in [3.05, 3.63) is 60.8 Å². The highest BCUT2D eigenvalue weighted by atomic mass is 16.5. The topological polar surface area (TPSA) is 38.5 Å². The van der Waals surface area contributed by atoms with Crippen molar-refractivity contribution in [1.82, 2.24) is 9.88 Å². The normalized spacial score (nSPS) is 10.9. The molecule has 0 fully saturated rings. The molecular weight excluding hydrogens is 288 g/mol. The first-order valence-electron chi connectivity index (χ1n) is 7.62. The van der Waals surface area contributed by atoms with Crippen molar-refractivity contribution in [3.8, 4) is 28.5 Å². The zero-order valence-electron chi connectivity index (χ0n) is 13.4. The maximum Gasteiger partial charge on any atom is 0.226 e. The minimum Gasteiger partial charge on any atom is -0.491 e. The predicted molar refractivity (Wildman–Crippen MR) is 91.4 cm³/mol. The number of nitrogens with zero attached hydrogens (tertiary/aromatic N) is 2. The van der Waals surface area contributed by atoms with Gasteiger partial charge in [0, 0.05) is 12.1 Å². The number of rotatable bonds is 6. The monoisotopic (exact) mass is 308 g/mol. The molecule has 2 aromatic carbocycles. The number of hydrogen-bond donors (Lipinski definition) is 0. The molecule has 0 aliphatic carbocycles. The van der Waals surface area contributed by atoms with E-state index in [4.69, 9.17) is 9.15 Å². The number of hydrogen-bond acceptors (Lipinski definition) is 4. The van der Waals surface area contributed by atoms with Crippen LogP contribution in [0.25, 0.3) is 22.8 Å². The van der Waals surface area contributed by atoms with Gasteiger partial charge in [-0.25, -0.2) is 4.98 Å². The fourth-order valence-corrected chi connectivity index (χ4v) is 2.25. The maximum atomic E-state index is 5.92. The van der Waals surface area contributed by atoms with E-state index in [1.807, 2.05) is 68.7 Å². The predicted octanol–water partition coefficient (Wildman–Crippen LogP) is 3.95. The minimum absolute atomic E-state index is 0.615. The first-order chi connectivity index (χ1) is 11.2. The van der Waals surface area contributed by atoms with E-state index in [1.54, 1.807) is 6.20 Å². The lowest BCUT2D eigenvalue weighted by atomic mass is 10.1. The number of aromatic nitrogens is 1. The highest BCUT2D eigenvalue weighted by Crippen LogP contribution is 2.32. The van der Waals surface area contributed by atoms with Crippen LogP contribution in [0.2, 0.25) is 0 Å². The molecule has 3 rings (SSSR count). The van der Waals surface area contributed by atoms with Crippen molar-refractivity contribution in [2.45, 2.75) is 0 Å². The van der Waals surface area contributed by atoms with Crippen molar-refractivity contribution in [3.63, 3.8) is 0 Å². The van der Waals surface area contributed by atoms with E-state index < -0.39 is 0 Å². The van der Waals surface area contributed by atoms with Gasteiger partial charge in [-0.3, -0.25) is 0 Å². The third-order valence-electron chi connectivity index (χ3n) is 3.48. The van der Waals surface area contributed by atoms with Crippen LogP contribution >= 0.6 is 0 Å². The molecule has 3 aromatic rings. The molecule has 0 saturated heterocycles. The van der Waals surface area contributed by atoms with E-state index in [1.165, 1.54) is 0 Å². The van der Waals surface area contributed by atoms with Crippen LogP contribution in [0.1, 0.15) is 0 Å². The van der Waals surface area contributed by atoms with Gasteiger partial charge >= 0.3 is 0 Å². The van der Waals surface area contributed by atoms with Crippen molar-refractivity contribution in [2.75, 3.05) is 27.2 Å². The zero-order chi connectivity index (χ0) is 16.1. The van der Waals surface area contributed by atoms with Crippen LogP contribution in [0.5, 0.6) is 5.75 Å². The van der Waals surface area contributed by atoms with Gasteiger partial charge in [-0.2, -0.15) is 0 Å². The molecule has 23 heavy (non-hydrogen) atoms. The van der Waals surface area contributed by atoms with Crippen LogP contribution in [-0.4, -0.2) is 37.1 Å². The van der Waals surface area contributed by atoms with Crippen LogP contribution < -0.4 is 4.74 Å². The summed E-state index contributed by atoms with van der Waals surface area (Å²) in [5, 5.41) is 0. The van der Waals surface area contributed by atoms with Crippen molar-refractivity contribution in [2.24, 2.45) is 0 Å². The SMILES string of the molecule is CN(C)CCOc1ccccc1-c1cnc(-c2ccccc2)o1. The summed E-state index contributed by atoms with van der Waals surface area (Å²) >= 11 is 0. The summed E-state index contributed by atoms with van der Waals surface area (Å²) in [7, 11) is 4.05. The summed E-state index contributed by atoms with van der Waals surface area (Å²) in [5.74, 6) is 2.14. The number of likely N-dealkylation sites (N-methyl/N-ethyl adjacent to an activating group) is 1. The highest BCUT2D eigenvalue weighted by Gasteiger charge is 2.12. The molecule has 0 aliphatic rings. The number of para-hydroxylation sites is 1. The van der Waals surface area contributed by atoms with E-state index in [-0.39, 0.29) is 0 Å². The van der Waals surface area contributed by atoms with Gasteiger partial charge in [0.1, 0.15) is 12.4 Å². The summed E-state index contributed by atoms with van der Waals surface area (Å²) in [6.07, 6.45) is 1.75. The Kier molecular flexibility index (Phi) is 4.74. The quantitative estimate of drug-likeness (QED) is 0.691. The molecular formula is C19H20N2O2. The molecule has 0 spiro atoms. The molecule has 1 heterocycles. The Morgan fingerprint density at radius 1 is 1.00 bits per heavy atom. The average molecular weight is 308 g/mol. The third kappa shape index (κ3) is 3.79. The summed E-state index contributed by atoms with van der Waals surface area (Å²) in [6.45, 7) is 1.49. The standard InChI is InChI=1S/C19H20N2O2/c1-21(2)12-13-22-17-11-7-6-10-16(17)18-14-20-19(23-18)15-8-4-3-5-9-15/h3-11,14H,12-13H2,1-2H3. The first kappa shape index (κ1) is 15.3. The van der Waals surface area contributed by atoms with Gasteiger partial charge in [0.15, 0.2) is 5.76 Å². The van der Waals surface area contributed by atoms with Crippen LogP contribution in [0, 0.1) is 0 Å². The molecule has 0 amide bonds. The Morgan fingerprint density at radius 3 is 2.52 bits per heavy atom. The van der Waals surface area contributed by atoms with Gasteiger partial charge in [0.25, 0.3) is 0 Å². The minimum atomic E-state index is 0.615. The van der Waals surface area contributed by atoms with Crippen LogP contribution in [-0.2, 0) is 0 Å². The second kappa shape index (κ2) is 7.11.